The Hall–Kier alpha value is -0.870. The van der Waals surface area contributed by atoms with Gasteiger partial charge in [-0.1, -0.05) is 13.8 Å². The minimum Gasteiger partial charge on any atom is -0.367 e. The highest BCUT2D eigenvalue weighted by atomic mass is 35.5. The predicted molar refractivity (Wildman–Crippen MR) is 77.5 cm³/mol. The van der Waals surface area contributed by atoms with E-state index in [1.807, 2.05) is 5.38 Å². The first kappa shape index (κ1) is 12.2. The van der Waals surface area contributed by atoms with Crippen LogP contribution in [-0.2, 0) is 0 Å². The van der Waals surface area contributed by atoms with Gasteiger partial charge in [-0.25, -0.2) is 9.97 Å². The fourth-order valence-corrected chi connectivity index (χ4v) is 3.68. The van der Waals surface area contributed by atoms with E-state index in [1.165, 1.54) is 19.3 Å². The molecule has 1 unspecified atom stereocenters. The molecule has 0 aliphatic heterocycles. The molecule has 3 nitrogen and oxygen atoms in total. The monoisotopic (exact) mass is 281 g/mol. The Morgan fingerprint density at radius 1 is 1.44 bits per heavy atom. The number of aromatic nitrogens is 2. The molecule has 5 heteroatoms. The van der Waals surface area contributed by atoms with Gasteiger partial charge < -0.3 is 5.32 Å². The van der Waals surface area contributed by atoms with Crippen molar-refractivity contribution in [3.8, 4) is 0 Å². The van der Waals surface area contributed by atoms with Gasteiger partial charge in [0.25, 0.3) is 0 Å². The second-order valence-electron chi connectivity index (χ2n) is 5.73. The maximum absolute atomic E-state index is 5.97. The highest BCUT2D eigenvalue weighted by Crippen LogP contribution is 2.39. The van der Waals surface area contributed by atoms with E-state index in [2.05, 4.69) is 35.2 Å². The number of fused-ring (bicyclic) bond motifs is 1. The van der Waals surface area contributed by atoms with Crippen LogP contribution in [-0.4, -0.2) is 16.0 Å². The highest BCUT2D eigenvalue weighted by molar-refractivity contribution is 7.16. The molecule has 0 bridgehead atoms. The summed E-state index contributed by atoms with van der Waals surface area (Å²) >= 11 is 7.56. The van der Waals surface area contributed by atoms with Crippen LogP contribution in [0.5, 0.6) is 0 Å². The fraction of sp³-hybridized carbons (Fsp3) is 0.538. The molecule has 0 radical (unpaired) electrons. The number of halogens is 1. The fourth-order valence-electron chi connectivity index (χ4n) is 2.69. The van der Waals surface area contributed by atoms with Gasteiger partial charge in [0.05, 0.1) is 5.39 Å². The molecule has 1 saturated carbocycles. The molecular formula is C13H16ClN3S. The van der Waals surface area contributed by atoms with Crippen molar-refractivity contribution in [3.63, 3.8) is 0 Å². The summed E-state index contributed by atoms with van der Waals surface area (Å²) in [5.74, 6) is 0.883. The Kier molecular flexibility index (Phi) is 2.94. The lowest BCUT2D eigenvalue weighted by Crippen LogP contribution is -2.18. The first-order chi connectivity index (χ1) is 8.53. The number of thiophene rings is 1. The van der Waals surface area contributed by atoms with Crippen molar-refractivity contribution >= 4 is 39.0 Å². The Bertz CT molecular complexity index is 579. The quantitative estimate of drug-likeness (QED) is 0.833. The number of hydrogen-bond donors (Lipinski definition) is 1. The van der Waals surface area contributed by atoms with Gasteiger partial charge in [-0.3, -0.25) is 0 Å². The summed E-state index contributed by atoms with van der Waals surface area (Å²) in [5, 5.41) is 6.97. The van der Waals surface area contributed by atoms with Crippen LogP contribution in [0.4, 0.5) is 5.82 Å². The summed E-state index contributed by atoms with van der Waals surface area (Å²) in [5.41, 5.74) is 0.433. The minimum absolute atomic E-state index is 0.324. The van der Waals surface area contributed by atoms with Gasteiger partial charge in [-0.05, 0) is 47.7 Å². The third-order valence-electron chi connectivity index (χ3n) is 3.61. The zero-order chi connectivity index (χ0) is 12.8. The van der Waals surface area contributed by atoms with Crippen LogP contribution in [0.3, 0.4) is 0 Å². The smallest absolute Gasteiger partial charge is 0.225 e. The zero-order valence-electron chi connectivity index (χ0n) is 10.5. The van der Waals surface area contributed by atoms with Crippen LogP contribution < -0.4 is 5.32 Å². The molecule has 1 atom stereocenters. The Labute approximate surface area is 116 Å². The minimum atomic E-state index is 0.324. The number of rotatable bonds is 2. The molecule has 1 aliphatic rings. The molecule has 1 fully saturated rings. The maximum Gasteiger partial charge on any atom is 0.225 e. The molecule has 0 spiro atoms. The van der Waals surface area contributed by atoms with Gasteiger partial charge in [0.1, 0.15) is 10.6 Å². The van der Waals surface area contributed by atoms with Gasteiger partial charge in [-0.2, -0.15) is 0 Å². The van der Waals surface area contributed by atoms with E-state index in [-0.39, 0.29) is 0 Å². The molecular weight excluding hydrogens is 266 g/mol. The predicted octanol–water partition coefficient (Wildman–Crippen LogP) is 4.34. The van der Waals surface area contributed by atoms with Crippen LogP contribution in [0.2, 0.25) is 5.28 Å². The molecule has 2 aromatic rings. The zero-order valence-corrected chi connectivity index (χ0v) is 12.1. The Morgan fingerprint density at radius 3 is 3.00 bits per heavy atom. The summed E-state index contributed by atoms with van der Waals surface area (Å²) in [6.07, 6.45) is 3.64. The average molecular weight is 282 g/mol. The lowest BCUT2D eigenvalue weighted by molar-refractivity contribution is 0.378. The van der Waals surface area contributed by atoms with E-state index in [0.29, 0.717) is 16.7 Å². The van der Waals surface area contributed by atoms with Gasteiger partial charge in [0.15, 0.2) is 0 Å². The van der Waals surface area contributed by atoms with Crippen LogP contribution in [0.15, 0.2) is 11.4 Å². The largest absolute Gasteiger partial charge is 0.367 e. The highest BCUT2D eigenvalue weighted by Gasteiger charge is 2.31. The van der Waals surface area contributed by atoms with E-state index in [4.69, 9.17) is 11.6 Å². The van der Waals surface area contributed by atoms with Crippen LogP contribution in [0, 0.1) is 5.41 Å². The van der Waals surface area contributed by atoms with Crippen molar-refractivity contribution in [1.29, 1.82) is 0 Å². The van der Waals surface area contributed by atoms with Gasteiger partial charge in [0, 0.05) is 6.04 Å². The third kappa shape index (κ3) is 2.31. The average Bonchev–Trinajstić information content (AvgIpc) is 2.84. The second-order valence-corrected chi connectivity index (χ2v) is 6.96. The van der Waals surface area contributed by atoms with Gasteiger partial charge in [0.2, 0.25) is 5.28 Å². The summed E-state index contributed by atoms with van der Waals surface area (Å²) in [6.45, 7) is 4.64. The molecule has 2 aromatic heterocycles. The first-order valence-corrected chi connectivity index (χ1v) is 7.47. The van der Waals surface area contributed by atoms with Crippen molar-refractivity contribution in [2.75, 3.05) is 5.32 Å². The third-order valence-corrected chi connectivity index (χ3v) is 4.58. The molecule has 18 heavy (non-hydrogen) atoms. The molecule has 3 rings (SSSR count). The normalized spacial score (nSPS) is 22.5. The number of anilines is 1. The molecule has 2 heterocycles. The van der Waals surface area contributed by atoms with Crippen molar-refractivity contribution in [2.24, 2.45) is 5.41 Å². The summed E-state index contributed by atoms with van der Waals surface area (Å²) in [4.78, 5) is 9.52. The Balaban J connectivity index is 1.88. The van der Waals surface area contributed by atoms with Crippen molar-refractivity contribution in [2.45, 2.75) is 39.2 Å². The summed E-state index contributed by atoms with van der Waals surface area (Å²) in [7, 11) is 0. The standard InChI is InChI=1S/C13H16ClN3S/c1-13(2)5-3-8(7-13)15-10-9-4-6-18-11(9)17-12(14)16-10/h4,6,8H,3,5,7H2,1-2H3,(H,15,16,17). The molecule has 96 valence electrons. The molecule has 1 N–H and O–H groups in total. The summed E-state index contributed by atoms with van der Waals surface area (Å²) in [6, 6.07) is 2.55. The van der Waals surface area contributed by atoms with Crippen LogP contribution >= 0.6 is 22.9 Å². The van der Waals surface area contributed by atoms with Crippen LogP contribution in [0.1, 0.15) is 33.1 Å². The molecule has 1 aliphatic carbocycles. The summed E-state index contributed by atoms with van der Waals surface area (Å²) < 4.78 is 0. The first-order valence-electron chi connectivity index (χ1n) is 6.21. The van der Waals surface area contributed by atoms with Crippen LogP contribution in [0.25, 0.3) is 10.2 Å². The van der Waals surface area contributed by atoms with E-state index in [9.17, 15) is 0 Å². The second kappa shape index (κ2) is 4.35. The van der Waals surface area contributed by atoms with E-state index >= 15 is 0 Å². The molecule has 0 aromatic carbocycles. The number of nitrogens with zero attached hydrogens (tertiary/aromatic N) is 2. The topological polar surface area (TPSA) is 37.8 Å². The van der Waals surface area contributed by atoms with Crippen molar-refractivity contribution in [3.05, 3.63) is 16.7 Å². The van der Waals surface area contributed by atoms with Crippen molar-refractivity contribution < 1.29 is 0 Å². The number of hydrogen-bond acceptors (Lipinski definition) is 4. The van der Waals surface area contributed by atoms with E-state index < -0.39 is 0 Å². The lowest BCUT2D eigenvalue weighted by atomic mass is 9.92. The van der Waals surface area contributed by atoms with E-state index in [1.54, 1.807) is 11.3 Å². The molecule has 0 amide bonds. The maximum atomic E-state index is 5.97. The van der Waals surface area contributed by atoms with E-state index in [0.717, 1.165) is 16.0 Å². The van der Waals surface area contributed by atoms with Gasteiger partial charge in [-0.15, -0.1) is 11.3 Å². The Morgan fingerprint density at radius 2 is 2.28 bits per heavy atom. The van der Waals surface area contributed by atoms with Gasteiger partial charge >= 0.3 is 0 Å². The SMILES string of the molecule is CC1(C)CCC(Nc2nc(Cl)nc3sccc23)C1. The molecule has 0 saturated heterocycles. The van der Waals surface area contributed by atoms with Crippen molar-refractivity contribution in [1.82, 2.24) is 9.97 Å². The lowest BCUT2D eigenvalue weighted by Gasteiger charge is -2.18. The number of nitrogens with one attached hydrogen (secondary N) is 1.